The van der Waals surface area contributed by atoms with Crippen molar-refractivity contribution in [2.75, 3.05) is 40.3 Å². The molecule has 1 saturated carbocycles. The number of likely N-dealkylation sites (N-methyl/N-ethyl adjacent to an activating group) is 2. The molecule has 3 atom stereocenters. The van der Waals surface area contributed by atoms with Gasteiger partial charge in [-0.15, -0.1) is 0 Å². The van der Waals surface area contributed by atoms with Crippen molar-refractivity contribution in [3.8, 4) is 0 Å². The Bertz CT molecular complexity index is 343. The monoisotopic (exact) mass is 280 g/mol. The van der Waals surface area contributed by atoms with Crippen LogP contribution in [0.15, 0.2) is 0 Å². The fraction of sp³-hybridized carbons (Fsp3) is 1.00. The lowest BCUT2D eigenvalue weighted by atomic mass is 9.93. The molecule has 0 radical (unpaired) electrons. The Hall–Kier alpha value is -0.160. The van der Waals surface area contributed by atoms with Crippen molar-refractivity contribution in [3.63, 3.8) is 0 Å². The summed E-state index contributed by atoms with van der Waals surface area (Å²) < 4.78 is 0. The Morgan fingerprint density at radius 2 is 2.05 bits per heavy atom. The van der Waals surface area contributed by atoms with Gasteiger partial charge in [0.25, 0.3) is 0 Å². The van der Waals surface area contributed by atoms with Crippen LogP contribution in [-0.2, 0) is 0 Å². The first-order valence-electron chi connectivity index (χ1n) is 8.43. The number of hydrogen-bond acceptors (Lipinski definition) is 4. The normalized spacial score (nSPS) is 40.0. The van der Waals surface area contributed by atoms with E-state index in [2.05, 4.69) is 35.7 Å². The van der Waals surface area contributed by atoms with Crippen LogP contribution < -0.4 is 5.73 Å². The first-order valence-corrected chi connectivity index (χ1v) is 8.43. The molecule has 0 aromatic heterocycles. The molecule has 0 amide bonds. The third kappa shape index (κ3) is 2.63. The van der Waals surface area contributed by atoms with E-state index in [0.29, 0.717) is 6.04 Å². The average Bonchev–Trinajstić information content (AvgIpc) is 3.11. The Labute approximate surface area is 124 Å². The predicted octanol–water partition coefficient (Wildman–Crippen LogP) is 0.967. The Morgan fingerprint density at radius 1 is 1.30 bits per heavy atom. The van der Waals surface area contributed by atoms with Gasteiger partial charge in [-0.05, 0) is 59.7 Å². The quantitative estimate of drug-likeness (QED) is 0.814. The van der Waals surface area contributed by atoms with Crippen molar-refractivity contribution < 1.29 is 0 Å². The summed E-state index contributed by atoms with van der Waals surface area (Å²) in [5.74, 6) is 0. The second-order valence-electron chi connectivity index (χ2n) is 7.54. The van der Waals surface area contributed by atoms with Gasteiger partial charge in [-0.1, -0.05) is 0 Å². The number of nitrogens with two attached hydrogens (primary N) is 1. The van der Waals surface area contributed by atoms with Crippen LogP contribution in [0.4, 0.5) is 0 Å². The summed E-state index contributed by atoms with van der Waals surface area (Å²) in [6.07, 6.45) is 6.76. The lowest BCUT2D eigenvalue weighted by molar-refractivity contribution is 0.0987. The topological polar surface area (TPSA) is 35.7 Å². The van der Waals surface area contributed by atoms with Gasteiger partial charge in [0.15, 0.2) is 0 Å². The first kappa shape index (κ1) is 14.8. The summed E-state index contributed by atoms with van der Waals surface area (Å²) in [5.41, 5.74) is 6.46. The zero-order valence-corrected chi connectivity index (χ0v) is 13.5. The Kier molecular flexibility index (Phi) is 4.10. The molecule has 0 aromatic carbocycles. The molecule has 3 fully saturated rings. The van der Waals surface area contributed by atoms with Gasteiger partial charge < -0.3 is 10.6 Å². The summed E-state index contributed by atoms with van der Waals surface area (Å²) >= 11 is 0. The molecule has 2 heterocycles. The average molecular weight is 280 g/mol. The number of hydrogen-bond donors (Lipinski definition) is 1. The van der Waals surface area contributed by atoms with E-state index >= 15 is 0 Å². The molecule has 0 bridgehead atoms. The van der Waals surface area contributed by atoms with E-state index in [0.717, 1.165) is 18.6 Å². The van der Waals surface area contributed by atoms with Gasteiger partial charge >= 0.3 is 0 Å². The molecular weight excluding hydrogens is 248 g/mol. The highest BCUT2D eigenvalue weighted by Crippen LogP contribution is 2.39. The van der Waals surface area contributed by atoms with Crippen LogP contribution in [0.1, 0.15) is 39.0 Å². The van der Waals surface area contributed by atoms with Gasteiger partial charge in [0.1, 0.15) is 0 Å². The molecule has 2 aliphatic heterocycles. The van der Waals surface area contributed by atoms with Crippen LogP contribution in [0.2, 0.25) is 0 Å². The van der Waals surface area contributed by atoms with Crippen LogP contribution in [0, 0.1) is 0 Å². The zero-order valence-electron chi connectivity index (χ0n) is 13.5. The molecule has 3 unspecified atom stereocenters. The van der Waals surface area contributed by atoms with Crippen molar-refractivity contribution in [1.82, 2.24) is 14.7 Å². The smallest absolute Gasteiger partial charge is 0.0471 e. The van der Waals surface area contributed by atoms with Crippen molar-refractivity contribution in [2.24, 2.45) is 5.73 Å². The lowest BCUT2D eigenvalue weighted by Gasteiger charge is -2.40. The van der Waals surface area contributed by atoms with Crippen molar-refractivity contribution in [3.05, 3.63) is 0 Å². The van der Waals surface area contributed by atoms with E-state index in [1.54, 1.807) is 0 Å². The third-order valence-electron chi connectivity index (χ3n) is 6.08. The molecule has 20 heavy (non-hydrogen) atoms. The minimum Gasteiger partial charge on any atom is -0.329 e. The molecule has 4 nitrogen and oxygen atoms in total. The van der Waals surface area contributed by atoms with E-state index in [9.17, 15) is 0 Å². The summed E-state index contributed by atoms with van der Waals surface area (Å²) in [7, 11) is 4.58. The van der Waals surface area contributed by atoms with E-state index in [1.165, 1.54) is 51.7 Å². The van der Waals surface area contributed by atoms with Crippen molar-refractivity contribution in [2.45, 2.75) is 62.7 Å². The second kappa shape index (κ2) is 5.56. The van der Waals surface area contributed by atoms with Crippen LogP contribution in [0.3, 0.4) is 0 Å². The van der Waals surface area contributed by atoms with E-state index in [-0.39, 0.29) is 5.54 Å². The SMILES string of the molecule is CC1CC(CN)(N(C)CC2CCCN2C)CN1C1CC1. The van der Waals surface area contributed by atoms with Gasteiger partial charge in [0.2, 0.25) is 0 Å². The van der Waals surface area contributed by atoms with Gasteiger partial charge in [-0.3, -0.25) is 9.80 Å². The maximum absolute atomic E-state index is 6.24. The van der Waals surface area contributed by atoms with Crippen LogP contribution in [0.25, 0.3) is 0 Å². The highest BCUT2D eigenvalue weighted by molar-refractivity contribution is 5.06. The maximum Gasteiger partial charge on any atom is 0.0471 e. The summed E-state index contributed by atoms with van der Waals surface area (Å²) in [4.78, 5) is 7.85. The molecule has 2 N–H and O–H groups in total. The van der Waals surface area contributed by atoms with Crippen molar-refractivity contribution >= 4 is 0 Å². The molecule has 0 aromatic rings. The second-order valence-corrected chi connectivity index (χ2v) is 7.54. The minimum atomic E-state index is 0.214. The molecular formula is C16H32N4. The fourth-order valence-electron chi connectivity index (χ4n) is 4.42. The number of rotatable bonds is 5. The van der Waals surface area contributed by atoms with Gasteiger partial charge in [0, 0.05) is 43.3 Å². The first-order chi connectivity index (χ1) is 9.55. The molecule has 0 spiro atoms. The standard InChI is InChI=1S/C16H32N4/c1-13-9-16(11-17,12-20(13)14-6-7-14)19(3)10-15-5-4-8-18(15)2/h13-15H,4-12,17H2,1-3H3. The van der Waals surface area contributed by atoms with E-state index in [1.807, 2.05) is 0 Å². The largest absolute Gasteiger partial charge is 0.329 e. The third-order valence-corrected chi connectivity index (χ3v) is 6.08. The molecule has 1 aliphatic carbocycles. The van der Waals surface area contributed by atoms with Crippen LogP contribution in [-0.4, -0.2) is 78.6 Å². The molecule has 3 rings (SSSR count). The van der Waals surface area contributed by atoms with E-state index < -0.39 is 0 Å². The van der Waals surface area contributed by atoms with Gasteiger partial charge in [0.05, 0.1) is 0 Å². The summed E-state index contributed by atoms with van der Waals surface area (Å²) in [6, 6.07) is 2.30. The molecule has 2 saturated heterocycles. The predicted molar refractivity (Wildman–Crippen MR) is 83.9 cm³/mol. The van der Waals surface area contributed by atoms with Crippen molar-refractivity contribution in [1.29, 1.82) is 0 Å². The Balaban J connectivity index is 1.65. The maximum atomic E-state index is 6.24. The lowest BCUT2D eigenvalue weighted by Crippen LogP contribution is -2.56. The summed E-state index contributed by atoms with van der Waals surface area (Å²) in [6.45, 7) is 6.82. The zero-order chi connectivity index (χ0) is 14.3. The fourth-order valence-corrected chi connectivity index (χ4v) is 4.42. The molecule has 3 aliphatic rings. The van der Waals surface area contributed by atoms with Crippen LogP contribution >= 0.6 is 0 Å². The van der Waals surface area contributed by atoms with Crippen LogP contribution in [0.5, 0.6) is 0 Å². The minimum absolute atomic E-state index is 0.214. The highest BCUT2D eigenvalue weighted by atomic mass is 15.3. The van der Waals surface area contributed by atoms with E-state index in [4.69, 9.17) is 5.73 Å². The highest BCUT2D eigenvalue weighted by Gasteiger charge is 2.48. The molecule has 4 heteroatoms. The van der Waals surface area contributed by atoms with Gasteiger partial charge in [-0.25, -0.2) is 0 Å². The Morgan fingerprint density at radius 3 is 2.60 bits per heavy atom. The number of likely N-dealkylation sites (tertiary alicyclic amines) is 2. The number of nitrogens with zero attached hydrogens (tertiary/aromatic N) is 3. The van der Waals surface area contributed by atoms with Gasteiger partial charge in [-0.2, -0.15) is 0 Å². The summed E-state index contributed by atoms with van der Waals surface area (Å²) in [5, 5.41) is 0. The molecule has 116 valence electrons.